The van der Waals surface area contributed by atoms with Crippen molar-refractivity contribution in [3.05, 3.63) is 60.3 Å². The van der Waals surface area contributed by atoms with Crippen molar-refractivity contribution in [1.82, 2.24) is 19.7 Å². The Hall–Kier alpha value is -2.53. The molecule has 5 heteroatoms. The summed E-state index contributed by atoms with van der Waals surface area (Å²) in [5.74, 6) is 0.859. The minimum atomic E-state index is 0.859. The normalized spacial score (nSPS) is 11.2. The monoisotopic (exact) mass is 320 g/mol. The topological polar surface area (TPSA) is 46.5 Å². The molecule has 114 valence electrons. The number of fused-ring (bicyclic) bond motifs is 1. The molecule has 0 saturated heterocycles. The summed E-state index contributed by atoms with van der Waals surface area (Å²) in [5.41, 5.74) is 4.47. The van der Waals surface area contributed by atoms with Gasteiger partial charge in [0.1, 0.15) is 0 Å². The minimum absolute atomic E-state index is 0.859. The number of thioether (sulfide) groups is 1. The Kier molecular flexibility index (Phi) is 3.42. The number of nitrogens with one attached hydrogen (secondary N) is 1. The molecule has 4 aromatic rings. The number of aryl methyl sites for hydroxylation is 1. The van der Waals surface area contributed by atoms with Crippen LogP contribution in [0.25, 0.3) is 28.0 Å². The summed E-state index contributed by atoms with van der Waals surface area (Å²) < 4.78 is 2.12. The SMILES string of the molecule is CSc1nnc(-c2c[nH]c3ccccc23)n1-c1cccc(C)c1. The molecule has 0 aliphatic carbocycles. The first kappa shape index (κ1) is 14.1. The first-order chi connectivity index (χ1) is 11.3. The van der Waals surface area contributed by atoms with Crippen molar-refractivity contribution in [3.8, 4) is 17.1 Å². The Balaban J connectivity index is 1.98. The van der Waals surface area contributed by atoms with Crippen LogP contribution in [0.15, 0.2) is 59.9 Å². The molecule has 0 saturated carbocycles. The van der Waals surface area contributed by atoms with Gasteiger partial charge in [-0.05, 0) is 36.9 Å². The molecule has 0 spiro atoms. The number of hydrogen-bond donors (Lipinski definition) is 1. The third-order valence-electron chi connectivity index (χ3n) is 3.91. The van der Waals surface area contributed by atoms with Crippen LogP contribution in [0.2, 0.25) is 0 Å². The molecule has 0 fully saturated rings. The van der Waals surface area contributed by atoms with E-state index in [9.17, 15) is 0 Å². The lowest BCUT2D eigenvalue weighted by molar-refractivity contribution is 0.888. The van der Waals surface area contributed by atoms with Gasteiger partial charge in [0.05, 0.1) is 0 Å². The van der Waals surface area contributed by atoms with Crippen molar-refractivity contribution in [2.75, 3.05) is 6.26 Å². The second-order valence-electron chi connectivity index (χ2n) is 5.43. The van der Waals surface area contributed by atoms with Crippen LogP contribution in [-0.2, 0) is 0 Å². The van der Waals surface area contributed by atoms with Gasteiger partial charge in [-0.3, -0.25) is 4.57 Å². The lowest BCUT2D eigenvalue weighted by Gasteiger charge is -2.09. The first-order valence-corrected chi connectivity index (χ1v) is 8.63. The number of nitrogens with zero attached hydrogens (tertiary/aromatic N) is 3. The molecule has 0 radical (unpaired) electrons. The Morgan fingerprint density at radius 1 is 1.04 bits per heavy atom. The molecule has 0 amide bonds. The third kappa shape index (κ3) is 2.33. The first-order valence-electron chi connectivity index (χ1n) is 7.41. The van der Waals surface area contributed by atoms with E-state index in [1.54, 1.807) is 11.8 Å². The third-order valence-corrected chi connectivity index (χ3v) is 4.54. The summed E-state index contributed by atoms with van der Waals surface area (Å²) >= 11 is 1.60. The second kappa shape index (κ2) is 5.59. The highest BCUT2D eigenvalue weighted by atomic mass is 32.2. The van der Waals surface area contributed by atoms with Crippen LogP contribution in [-0.4, -0.2) is 26.0 Å². The van der Waals surface area contributed by atoms with Gasteiger partial charge in [-0.1, -0.05) is 42.1 Å². The van der Waals surface area contributed by atoms with Crippen LogP contribution in [0, 0.1) is 6.92 Å². The minimum Gasteiger partial charge on any atom is -0.360 e. The van der Waals surface area contributed by atoms with Gasteiger partial charge < -0.3 is 4.98 Å². The van der Waals surface area contributed by atoms with Crippen LogP contribution in [0.1, 0.15) is 5.56 Å². The Morgan fingerprint density at radius 3 is 2.74 bits per heavy atom. The van der Waals surface area contributed by atoms with E-state index in [1.807, 2.05) is 24.6 Å². The Labute approximate surface area is 138 Å². The molecule has 4 rings (SSSR count). The summed E-state index contributed by atoms with van der Waals surface area (Å²) in [5, 5.41) is 10.9. The average Bonchev–Trinajstić information content (AvgIpc) is 3.18. The van der Waals surface area contributed by atoms with Crippen molar-refractivity contribution in [2.45, 2.75) is 12.1 Å². The van der Waals surface area contributed by atoms with Gasteiger partial charge in [0.15, 0.2) is 11.0 Å². The molecule has 2 heterocycles. The van der Waals surface area contributed by atoms with Crippen molar-refractivity contribution >= 4 is 22.7 Å². The number of benzene rings is 2. The van der Waals surface area contributed by atoms with Gasteiger partial charge in [-0.25, -0.2) is 0 Å². The fourth-order valence-corrected chi connectivity index (χ4v) is 3.33. The highest BCUT2D eigenvalue weighted by Crippen LogP contribution is 2.31. The number of para-hydroxylation sites is 1. The fraction of sp³-hybridized carbons (Fsp3) is 0.111. The predicted octanol–water partition coefficient (Wildman–Crippen LogP) is 4.45. The van der Waals surface area contributed by atoms with Crippen LogP contribution >= 0.6 is 11.8 Å². The van der Waals surface area contributed by atoms with Crippen LogP contribution in [0.5, 0.6) is 0 Å². The van der Waals surface area contributed by atoms with Gasteiger partial charge in [0.25, 0.3) is 0 Å². The maximum absolute atomic E-state index is 4.46. The van der Waals surface area contributed by atoms with Crippen molar-refractivity contribution in [2.24, 2.45) is 0 Å². The van der Waals surface area contributed by atoms with Crippen molar-refractivity contribution in [1.29, 1.82) is 0 Å². The largest absolute Gasteiger partial charge is 0.360 e. The second-order valence-corrected chi connectivity index (χ2v) is 6.21. The zero-order valence-electron chi connectivity index (χ0n) is 12.9. The van der Waals surface area contributed by atoms with Crippen molar-refractivity contribution < 1.29 is 0 Å². The number of rotatable bonds is 3. The van der Waals surface area contributed by atoms with Gasteiger partial charge in [-0.2, -0.15) is 0 Å². The summed E-state index contributed by atoms with van der Waals surface area (Å²) in [7, 11) is 0. The highest BCUT2D eigenvalue weighted by molar-refractivity contribution is 7.98. The Bertz CT molecular complexity index is 984. The lowest BCUT2D eigenvalue weighted by Crippen LogP contribution is -1.99. The fourth-order valence-electron chi connectivity index (χ4n) is 2.83. The molecule has 0 aliphatic rings. The molecular formula is C18H16N4S. The van der Waals surface area contributed by atoms with Crippen LogP contribution in [0.4, 0.5) is 0 Å². The molecule has 0 unspecified atom stereocenters. The van der Waals surface area contributed by atoms with E-state index in [-0.39, 0.29) is 0 Å². The van der Waals surface area contributed by atoms with Gasteiger partial charge in [-0.15, -0.1) is 10.2 Å². The molecule has 0 bridgehead atoms. The van der Waals surface area contributed by atoms with E-state index < -0.39 is 0 Å². The molecule has 2 aromatic carbocycles. The van der Waals surface area contributed by atoms with E-state index in [4.69, 9.17) is 0 Å². The molecular weight excluding hydrogens is 304 g/mol. The quantitative estimate of drug-likeness (QED) is 0.567. The zero-order valence-corrected chi connectivity index (χ0v) is 13.8. The van der Waals surface area contributed by atoms with Gasteiger partial charge in [0.2, 0.25) is 0 Å². The molecule has 0 aliphatic heterocycles. The summed E-state index contributed by atoms with van der Waals surface area (Å²) in [6.07, 6.45) is 4.03. The van der Waals surface area contributed by atoms with Gasteiger partial charge in [0, 0.05) is 28.4 Å². The number of hydrogen-bond acceptors (Lipinski definition) is 3. The molecule has 4 nitrogen and oxygen atoms in total. The summed E-state index contributed by atoms with van der Waals surface area (Å²) in [6, 6.07) is 16.7. The number of aromatic nitrogens is 4. The number of H-pyrrole nitrogens is 1. The average molecular weight is 320 g/mol. The van der Waals surface area contributed by atoms with Crippen LogP contribution in [0.3, 0.4) is 0 Å². The molecule has 2 aromatic heterocycles. The summed E-state index contributed by atoms with van der Waals surface area (Å²) in [4.78, 5) is 3.32. The van der Waals surface area contributed by atoms with Gasteiger partial charge >= 0.3 is 0 Å². The highest BCUT2D eigenvalue weighted by Gasteiger charge is 2.17. The summed E-state index contributed by atoms with van der Waals surface area (Å²) in [6.45, 7) is 2.10. The smallest absolute Gasteiger partial charge is 0.195 e. The van der Waals surface area contributed by atoms with E-state index in [2.05, 4.69) is 63.1 Å². The molecule has 0 atom stereocenters. The zero-order chi connectivity index (χ0) is 15.8. The standard InChI is InChI=1S/C18H16N4S/c1-12-6-5-7-13(10-12)22-17(20-21-18(22)23-2)15-11-19-16-9-4-3-8-14(15)16/h3-11,19H,1-2H3. The molecule has 1 N–H and O–H groups in total. The number of aromatic amines is 1. The lowest BCUT2D eigenvalue weighted by atomic mass is 10.1. The van der Waals surface area contributed by atoms with E-state index in [0.29, 0.717) is 0 Å². The molecule has 23 heavy (non-hydrogen) atoms. The maximum atomic E-state index is 4.46. The van der Waals surface area contributed by atoms with Crippen LogP contribution < -0.4 is 0 Å². The van der Waals surface area contributed by atoms with E-state index >= 15 is 0 Å². The van der Waals surface area contributed by atoms with E-state index in [0.717, 1.165) is 33.1 Å². The maximum Gasteiger partial charge on any atom is 0.195 e. The van der Waals surface area contributed by atoms with E-state index in [1.165, 1.54) is 5.56 Å². The van der Waals surface area contributed by atoms with Crippen molar-refractivity contribution in [3.63, 3.8) is 0 Å². The Morgan fingerprint density at radius 2 is 1.91 bits per heavy atom. The predicted molar refractivity (Wildman–Crippen MR) is 95.2 cm³/mol.